The molecule has 0 atom stereocenters. The van der Waals surface area contributed by atoms with Crippen LogP contribution in [0.1, 0.15) is 14.5 Å². The van der Waals surface area contributed by atoms with Crippen molar-refractivity contribution < 1.29 is 9.90 Å². The largest absolute Gasteiger partial charge is 0.384 e. The maximum absolute atomic E-state index is 11.9. The minimum atomic E-state index is -0.361. The van der Waals surface area contributed by atoms with E-state index in [9.17, 15) is 4.79 Å². The second-order valence-corrected chi connectivity index (χ2v) is 4.19. The Morgan fingerprint density at radius 3 is 2.56 bits per heavy atom. The topological polar surface area (TPSA) is 88.1 Å². The third-order valence-corrected chi connectivity index (χ3v) is 2.91. The summed E-state index contributed by atoms with van der Waals surface area (Å²) in [5.41, 5.74) is 0. The van der Waals surface area contributed by atoms with E-state index < -0.39 is 0 Å². The van der Waals surface area contributed by atoms with Crippen LogP contribution in [0.2, 0.25) is 0 Å². The third kappa shape index (κ3) is 3.61. The first-order chi connectivity index (χ1) is 8.72. The first kappa shape index (κ1) is 13.7. The lowest BCUT2D eigenvalue weighted by molar-refractivity contribution is 0.0799. The Morgan fingerprint density at radius 2 is 2.00 bits per heavy atom. The summed E-state index contributed by atoms with van der Waals surface area (Å²) < 4.78 is 0. The molecule has 0 fully saturated rings. The second kappa shape index (κ2) is 7.09. The van der Waals surface area contributed by atoms with Gasteiger partial charge in [0.2, 0.25) is 0 Å². The molecule has 0 aliphatic rings. The molecule has 1 heterocycles. The number of aliphatic hydroxyl groups excluding tert-OH is 1. The van der Waals surface area contributed by atoms with Crippen LogP contribution in [0.4, 0.5) is 0 Å². The fraction of sp³-hybridized carbons (Fsp3) is 0.250. The molecule has 0 spiro atoms. The molecule has 0 saturated carbocycles. The molecule has 6 heteroatoms. The summed E-state index contributed by atoms with van der Waals surface area (Å²) in [5, 5.41) is 25.7. The van der Waals surface area contributed by atoms with Gasteiger partial charge in [-0.2, -0.15) is 10.5 Å². The zero-order valence-electron chi connectivity index (χ0n) is 9.38. The predicted molar refractivity (Wildman–Crippen MR) is 65.4 cm³/mol. The highest BCUT2D eigenvalue weighted by Crippen LogP contribution is 2.17. The van der Waals surface area contributed by atoms with Crippen molar-refractivity contribution in [3.8, 4) is 24.0 Å². The van der Waals surface area contributed by atoms with Gasteiger partial charge in [0.05, 0.1) is 21.9 Å². The molecule has 90 valence electrons. The van der Waals surface area contributed by atoms with E-state index >= 15 is 0 Å². The lowest BCUT2D eigenvalue weighted by Gasteiger charge is -2.13. The first-order valence-corrected chi connectivity index (χ1v) is 5.77. The van der Waals surface area contributed by atoms with E-state index in [1.54, 1.807) is 12.1 Å². The van der Waals surface area contributed by atoms with Crippen molar-refractivity contribution in [2.45, 2.75) is 0 Å². The van der Waals surface area contributed by atoms with Gasteiger partial charge in [-0.1, -0.05) is 11.8 Å². The van der Waals surface area contributed by atoms with Crippen LogP contribution >= 0.6 is 11.3 Å². The molecule has 0 unspecified atom stereocenters. The Labute approximate surface area is 108 Å². The van der Waals surface area contributed by atoms with Crippen LogP contribution < -0.4 is 0 Å². The van der Waals surface area contributed by atoms with E-state index in [-0.39, 0.29) is 25.6 Å². The highest BCUT2D eigenvalue weighted by atomic mass is 32.1. The molecule has 18 heavy (non-hydrogen) atoms. The molecular formula is C12H9N3O2S. The van der Waals surface area contributed by atoms with Crippen molar-refractivity contribution in [1.29, 1.82) is 10.5 Å². The number of hydrogen-bond acceptors (Lipinski definition) is 5. The molecule has 0 aromatic carbocycles. The number of nitriles is 2. The average Bonchev–Trinajstić information content (AvgIpc) is 2.84. The molecule has 0 aliphatic heterocycles. The van der Waals surface area contributed by atoms with Crippen molar-refractivity contribution in [3.05, 3.63) is 21.9 Å². The molecule has 1 aromatic heterocycles. The number of thiophene rings is 1. The van der Waals surface area contributed by atoms with Crippen LogP contribution in [-0.2, 0) is 0 Å². The number of hydrogen-bond donors (Lipinski definition) is 1. The molecule has 1 N–H and O–H groups in total. The molecule has 1 aromatic rings. The number of carbonyl (C=O) groups excluding carboxylic acids is 1. The summed E-state index contributed by atoms with van der Waals surface area (Å²) in [6.45, 7) is -0.486. The molecule has 5 nitrogen and oxygen atoms in total. The fourth-order valence-corrected chi connectivity index (χ4v) is 2.02. The van der Waals surface area contributed by atoms with E-state index in [4.69, 9.17) is 15.6 Å². The van der Waals surface area contributed by atoms with Gasteiger partial charge in [0.25, 0.3) is 5.91 Å². The van der Waals surface area contributed by atoms with Gasteiger partial charge in [-0.05, 0) is 12.1 Å². The molecule has 1 amide bonds. The van der Waals surface area contributed by atoms with E-state index in [0.717, 1.165) is 4.90 Å². The fourth-order valence-electron chi connectivity index (χ4n) is 1.17. The Balaban J connectivity index is 2.86. The smallest absolute Gasteiger partial charge is 0.265 e. The van der Waals surface area contributed by atoms with Gasteiger partial charge >= 0.3 is 0 Å². The highest BCUT2D eigenvalue weighted by molar-refractivity contribution is 7.14. The van der Waals surface area contributed by atoms with Gasteiger partial charge < -0.3 is 10.0 Å². The van der Waals surface area contributed by atoms with Crippen LogP contribution in [0.25, 0.3) is 0 Å². The van der Waals surface area contributed by atoms with Crippen LogP contribution in [0.5, 0.6) is 0 Å². The van der Waals surface area contributed by atoms with Crippen LogP contribution in [-0.4, -0.2) is 35.6 Å². The highest BCUT2D eigenvalue weighted by Gasteiger charge is 2.16. The van der Waals surface area contributed by atoms with Crippen LogP contribution in [0, 0.1) is 34.5 Å². The van der Waals surface area contributed by atoms with Crippen LogP contribution in [0.15, 0.2) is 12.1 Å². The Bertz CT molecular complexity index is 553. The molecule has 1 rings (SSSR count). The van der Waals surface area contributed by atoms with E-state index in [1.807, 2.05) is 12.1 Å². The molecule has 0 saturated heterocycles. The number of nitrogens with zero attached hydrogens (tertiary/aromatic N) is 3. The van der Waals surface area contributed by atoms with Gasteiger partial charge in [-0.25, -0.2) is 0 Å². The van der Waals surface area contributed by atoms with Gasteiger partial charge in [-0.15, -0.1) is 11.3 Å². The summed E-state index contributed by atoms with van der Waals surface area (Å²) in [7, 11) is 0. The zero-order valence-corrected chi connectivity index (χ0v) is 10.2. The number of amides is 1. The normalized spacial score (nSPS) is 8.61. The molecule has 0 aliphatic carbocycles. The summed E-state index contributed by atoms with van der Waals surface area (Å²) in [5.74, 6) is 4.81. The van der Waals surface area contributed by atoms with Gasteiger partial charge in [0, 0.05) is 0 Å². The first-order valence-electron chi connectivity index (χ1n) is 4.95. The lowest BCUT2D eigenvalue weighted by atomic mass is 10.3. The average molecular weight is 259 g/mol. The number of aliphatic hydroxyl groups is 1. The summed E-state index contributed by atoms with van der Waals surface area (Å²) in [6.07, 6.45) is 0. The van der Waals surface area contributed by atoms with Crippen molar-refractivity contribution in [3.63, 3.8) is 0 Å². The van der Waals surface area contributed by atoms with Gasteiger partial charge in [0.1, 0.15) is 19.7 Å². The molecule has 0 bridgehead atoms. The number of carbonyl (C=O) groups is 1. The summed E-state index contributed by atoms with van der Waals surface area (Å²) >= 11 is 1.17. The molecule has 0 radical (unpaired) electrons. The van der Waals surface area contributed by atoms with Crippen LogP contribution in [0.3, 0.4) is 0 Å². The van der Waals surface area contributed by atoms with E-state index in [1.165, 1.54) is 11.3 Å². The van der Waals surface area contributed by atoms with E-state index in [2.05, 4.69) is 11.8 Å². The van der Waals surface area contributed by atoms with Crippen molar-refractivity contribution in [1.82, 2.24) is 4.90 Å². The minimum absolute atomic E-state index is 0.123. The van der Waals surface area contributed by atoms with Crippen molar-refractivity contribution in [2.24, 2.45) is 0 Å². The van der Waals surface area contributed by atoms with Gasteiger partial charge in [0.15, 0.2) is 0 Å². The van der Waals surface area contributed by atoms with Crippen molar-refractivity contribution in [2.75, 3.05) is 19.7 Å². The third-order valence-electron chi connectivity index (χ3n) is 1.92. The quantitative estimate of drug-likeness (QED) is 0.635. The Morgan fingerprint density at radius 1 is 1.33 bits per heavy atom. The van der Waals surface area contributed by atoms with E-state index in [0.29, 0.717) is 9.75 Å². The maximum atomic E-state index is 11.9. The maximum Gasteiger partial charge on any atom is 0.265 e. The lowest BCUT2D eigenvalue weighted by Crippen LogP contribution is -2.31. The minimum Gasteiger partial charge on any atom is -0.384 e. The zero-order chi connectivity index (χ0) is 13.4. The summed E-state index contributed by atoms with van der Waals surface area (Å²) in [6, 6.07) is 6.94. The second-order valence-electron chi connectivity index (χ2n) is 3.10. The Kier molecular flexibility index (Phi) is 5.41. The standard InChI is InChI=1S/C12H9N3O2S/c13-5-7-15(8-6-14)12(17)11-4-3-10(18-11)2-1-9-16/h3-4,16H,7-9H2. The summed E-state index contributed by atoms with van der Waals surface area (Å²) in [4.78, 5) is 14.2. The van der Waals surface area contributed by atoms with Gasteiger partial charge in [-0.3, -0.25) is 4.79 Å². The molecular weight excluding hydrogens is 250 g/mol. The Hall–Kier alpha value is -2.33. The number of rotatable bonds is 3. The van der Waals surface area contributed by atoms with Crippen molar-refractivity contribution >= 4 is 17.2 Å². The monoisotopic (exact) mass is 259 g/mol. The predicted octanol–water partition coefficient (Wildman–Crippen LogP) is 0.581. The SMILES string of the molecule is N#CCN(CC#N)C(=O)c1ccc(C#CCO)s1.